The first-order chi connectivity index (χ1) is 17.4. The summed E-state index contributed by atoms with van der Waals surface area (Å²) in [5.41, 5.74) is 0.831. The van der Waals surface area contributed by atoms with E-state index in [0.717, 1.165) is 0 Å². The van der Waals surface area contributed by atoms with E-state index in [2.05, 4.69) is 15.1 Å². The molecular formula is C26H32N4O6S. The number of ether oxygens (including phenoxy) is 1. The maximum Gasteiger partial charge on any atom is 0.356 e. The van der Waals surface area contributed by atoms with E-state index in [1.54, 1.807) is 37.3 Å². The molecular weight excluding hydrogens is 496 g/mol. The van der Waals surface area contributed by atoms with Gasteiger partial charge in [0.2, 0.25) is 21.8 Å². The summed E-state index contributed by atoms with van der Waals surface area (Å²) in [5.74, 6) is -1.35. The Labute approximate surface area is 216 Å². The first-order valence-electron chi connectivity index (χ1n) is 11.9. The van der Waals surface area contributed by atoms with Gasteiger partial charge in [0, 0.05) is 23.7 Å². The number of benzene rings is 2. The summed E-state index contributed by atoms with van der Waals surface area (Å²) in [7, 11) is -4.08. The monoisotopic (exact) mass is 528 g/mol. The van der Waals surface area contributed by atoms with Gasteiger partial charge >= 0.3 is 5.97 Å². The highest BCUT2D eigenvalue weighted by atomic mass is 32.2. The van der Waals surface area contributed by atoms with Crippen LogP contribution in [0, 0.1) is 12.8 Å². The number of carbonyl (C=O) groups is 2. The average Bonchev–Trinajstić information content (AvgIpc) is 3.15. The molecule has 0 bridgehead atoms. The van der Waals surface area contributed by atoms with Crippen LogP contribution in [-0.4, -0.2) is 41.2 Å². The number of hydrogen-bond donors (Lipinski definition) is 3. The minimum absolute atomic E-state index is 0.0465. The lowest BCUT2D eigenvalue weighted by Gasteiger charge is -2.18. The van der Waals surface area contributed by atoms with E-state index >= 15 is 0 Å². The summed E-state index contributed by atoms with van der Waals surface area (Å²) in [6, 6.07) is 12.7. The van der Waals surface area contributed by atoms with Crippen molar-refractivity contribution in [2.24, 2.45) is 5.92 Å². The van der Waals surface area contributed by atoms with E-state index in [4.69, 9.17) is 4.74 Å². The number of nitrogens with one attached hydrogen (secondary N) is 2. The van der Waals surface area contributed by atoms with E-state index in [0.29, 0.717) is 17.8 Å². The van der Waals surface area contributed by atoms with E-state index in [-0.39, 0.29) is 52.1 Å². The van der Waals surface area contributed by atoms with Crippen LogP contribution >= 0.6 is 0 Å². The number of nitrogens with zero attached hydrogens (tertiary/aromatic N) is 2. The van der Waals surface area contributed by atoms with Crippen LogP contribution in [-0.2, 0) is 14.8 Å². The number of amides is 1. The number of anilines is 1. The smallest absolute Gasteiger partial charge is 0.356 e. The predicted octanol–water partition coefficient (Wildman–Crippen LogP) is 4.73. The topological polar surface area (TPSA) is 140 Å². The average molecular weight is 529 g/mol. The Morgan fingerprint density at radius 3 is 2.38 bits per heavy atom. The van der Waals surface area contributed by atoms with Crippen LogP contribution in [0.5, 0.6) is 11.6 Å². The molecule has 0 fully saturated rings. The van der Waals surface area contributed by atoms with Crippen molar-refractivity contribution < 1.29 is 27.9 Å². The van der Waals surface area contributed by atoms with Crippen LogP contribution in [0.3, 0.4) is 0 Å². The maximum absolute atomic E-state index is 13.4. The Morgan fingerprint density at radius 1 is 1.11 bits per heavy atom. The Kier molecular flexibility index (Phi) is 8.72. The molecule has 1 heterocycles. The van der Waals surface area contributed by atoms with Gasteiger partial charge in [-0.05, 0) is 56.5 Å². The largest absolute Gasteiger partial charge is 0.476 e. The fraction of sp³-hybridized carbons (Fsp3) is 0.346. The van der Waals surface area contributed by atoms with Gasteiger partial charge in [0.05, 0.1) is 5.69 Å². The molecule has 1 atom stereocenters. The zero-order valence-electron chi connectivity index (χ0n) is 21.5. The molecule has 0 aliphatic heterocycles. The van der Waals surface area contributed by atoms with Crippen molar-refractivity contribution in [3.8, 4) is 17.3 Å². The Morgan fingerprint density at radius 2 is 1.78 bits per heavy atom. The zero-order valence-corrected chi connectivity index (χ0v) is 22.3. The van der Waals surface area contributed by atoms with Crippen molar-refractivity contribution in [1.29, 1.82) is 0 Å². The molecule has 0 spiro atoms. The predicted molar refractivity (Wildman–Crippen MR) is 140 cm³/mol. The quantitative estimate of drug-likeness (QED) is 0.327. The number of aromatic nitrogens is 2. The molecule has 1 aromatic heterocycles. The van der Waals surface area contributed by atoms with Gasteiger partial charge in [-0.2, -0.15) is 9.78 Å². The number of sulfonamides is 1. The maximum atomic E-state index is 13.4. The molecule has 3 aromatic rings. The lowest BCUT2D eigenvalue weighted by molar-refractivity contribution is -0.116. The normalized spacial score (nSPS) is 12.4. The van der Waals surface area contributed by atoms with Crippen LogP contribution in [0.15, 0.2) is 53.4 Å². The van der Waals surface area contributed by atoms with Gasteiger partial charge in [0.1, 0.15) is 10.6 Å². The number of carboxylic acids is 1. The third kappa shape index (κ3) is 6.75. The number of carbonyl (C=O) groups excluding carboxylic acids is 1. The van der Waals surface area contributed by atoms with Gasteiger partial charge < -0.3 is 15.2 Å². The van der Waals surface area contributed by atoms with Crippen LogP contribution < -0.4 is 14.8 Å². The highest BCUT2D eigenvalue weighted by molar-refractivity contribution is 7.89. The number of hydrogen-bond acceptors (Lipinski definition) is 6. The van der Waals surface area contributed by atoms with Gasteiger partial charge in [-0.3, -0.25) is 4.79 Å². The first kappa shape index (κ1) is 27.9. The van der Waals surface area contributed by atoms with E-state index < -0.39 is 16.0 Å². The second kappa shape index (κ2) is 11.6. The third-order valence-electron chi connectivity index (χ3n) is 5.56. The minimum atomic E-state index is -4.08. The fourth-order valence-corrected chi connectivity index (χ4v) is 5.01. The molecule has 3 rings (SSSR count). The van der Waals surface area contributed by atoms with Crippen LogP contribution in [0.4, 0.5) is 5.69 Å². The Hall–Kier alpha value is -3.70. The summed E-state index contributed by atoms with van der Waals surface area (Å²) in [6.45, 7) is 8.94. The molecule has 37 heavy (non-hydrogen) atoms. The van der Waals surface area contributed by atoms with Crippen LogP contribution in [0.25, 0.3) is 5.69 Å². The minimum Gasteiger partial charge on any atom is -0.476 e. The highest BCUT2D eigenvalue weighted by Crippen LogP contribution is 2.35. The lowest BCUT2D eigenvalue weighted by atomic mass is 10.1. The first-order valence-corrected chi connectivity index (χ1v) is 13.4. The molecule has 0 unspecified atom stereocenters. The lowest BCUT2D eigenvalue weighted by Crippen LogP contribution is -2.32. The van der Waals surface area contributed by atoms with Gasteiger partial charge in [-0.15, -0.1) is 0 Å². The summed E-state index contributed by atoms with van der Waals surface area (Å²) < 4.78 is 36.7. The Bertz CT molecular complexity index is 1380. The van der Waals surface area contributed by atoms with E-state index in [1.165, 1.54) is 29.8 Å². The van der Waals surface area contributed by atoms with Crippen molar-refractivity contribution in [2.75, 3.05) is 5.32 Å². The summed E-state index contributed by atoms with van der Waals surface area (Å²) in [4.78, 5) is 23.9. The standard InChI is InChI=1S/C26H32N4O6S/c1-6-17(4)29-37(34,35)22-15-19(27-23(31)14-16(2)3)12-13-21(22)36-25-18(5)24(26(32)33)28-30(25)20-10-8-7-9-11-20/h7-13,15-17,29H,6,14H2,1-5H3,(H,27,31)(H,32,33)/t17-/m1/s1. The van der Waals surface area contributed by atoms with Crippen molar-refractivity contribution in [3.63, 3.8) is 0 Å². The second-order valence-corrected chi connectivity index (χ2v) is 10.9. The van der Waals surface area contributed by atoms with Crippen LogP contribution in [0.1, 0.15) is 56.6 Å². The SMILES string of the molecule is CC[C@@H](C)NS(=O)(=O)c1cc(NC(=O)CC(C)C)ccc1Oc1c(C)c(C(=O)O)nn1-c1ccccc1. The van der Waals surface area contributed by atoms with Gasteiger partial charge in [0.15, 0.2) is 5.69 Å². The molecule has 2 aromatic carbocycles. The number of carboxylic acid groups (broad SMARTS) is 1. The van der Waals surface area contributed by atoms with Crippen molar-refractivity contribution in [1.82, 2.24) is 14.5 Å². The van der Waals surface area contributed by atoms with Crippen molar-refractivity contribution >= 4 is 27.6 Å². The third-order valence-corrected chi connectivity index (χ3v) is 7.17. The van der Waals surface area contributed by atoms with Crippen molar-refractivity contribution in [3.05, 3.63) is 59.8 Å². The molecule has 1 amide bonds. The molecule has 198 valence electrons. The summed E-state index contributed by atoms with van der Waals surface area (Å²) in [5, 5.41) is 16.5. The van der Waals surface area contributed by atoms with E-state index in [9.17, 15) is 23.1 Å². The zero-order chi connectivity index (χ0) is 27.3. The van der Waals surface area contributed by atoms with Crippen LogP contribution in [0.2, 0.25) is 0 Å². The van der Waals surface area contributed by atoms with Gasteiger partial charge in [-0.1, -0.05) is 39.0 Å². The molecule has 10 nitrogen and oxygen atoms in total. The molecule has 0 aliphatic carbocycles. The van der Waals surface area contributed by atoms with Gasteiger partial charge in [0.25, 0.3) is 0 Å². The summed E-state index contributed by atoms with van der Waals surface area (Å²) in [6.07, 6.45) is 0.834. The van der Waals surface area contributed by atoms with Gasteiger partial charge in [-0.25, -0.2) is 17.9 Å². The number of rotatable bonds is 11. The molecule has 11 heteroatoms. The second-order valence-electron chi connectivity index (χ2n) is 9.17. The highest BCUT2D eigenvalue weighted by Gasteiger charge is 2.27. The fourth-order valence-electron chi connectivity index (χ4n) is 3.53. The molecule has 0 saturated carbocycles. The summed E-state index contributed by atoms with van der Waals surface area (Å²) >= 11 is 0. The van der Waals surface area contributed by atoms with E-state index in [1.807, 2.05) is 20.8 Å². The number of aromatic carboxylic acids is 1. The number of para-hydroxylation sites is 1. The molecule has 0 radical (unpaired) electrons. The molecule has 3 N–H and O–H groups in total. The Balaban J connectivity index is 2.13. The van der Waals surface area contributed by atoms with Crippen molar-refractivity contribution in [2.45, 2.75) is 58.4 Å². The molecule has 0 aliphatic rings. The molecule has 0 saturated heterocycles.